The van der Waals surface area contributed by atoms with E-state index in [1.807, 2.05) is 18.2 Å². The van der Waals surface area contributed by atoms with Gasteiger partial charge in [-0.05, 0) is 18.4 Å². The van der Waals surface area contributed by atoms with Crippen molar-refractivity contribution < 1.29 is 9.59 Å². The second-order valence-corrected chi connectivity index (χ2v) is 4.62. The summed E-state index contributed by atoms with van der Waals surface area (Å²) in [5.74, 6) is -0.110. The Morgan fingerprint density at radius 2 is 2.11 bits per heavy atom. The van der Waals surface area contributed by atoms with Crippen LogP contribution in [0.25, 0.3) is 0 Å². The standard InChI is InChI=1S/C14H19N3O2/c18-13-10-16-12(9-17-13)14(19)15-8-4-7-11-5-2-1-3-6-11/h1-3,5-6,12,16H,4,7-10H2,(H,15,19)(H,17,18). The highest BCUT2D eigenvalue weighted by Gasteiger charge is 2.22. The topological polar surface area (TPSA) is 70.2 Å². The van der Waals surface area contributed by atoms with E-state index in [1.165, 1.54) is 5.56 Å². The van der Waals surface area contributed by atoms with Crippen LogP contribution in [0.5, 0.6) is 0 Å². The van der Waals surface area contributed by atoms with Gasteiger partial charge in [0, 0.05) is 13.1 Å². The molecule has 1 saturated heterocycles. The minimum absolute atomic E-state index is 0.0481. The number of benzene rings is 1. The molecular formula is C14H19N3O2. The Balaban J connectivity index is 1.63. The lowest BCUT2D eigenvalue weighted by atomic mass is 10.1. The molecule has 1 atom stereocenters. The number of carbonyl (C=O) groups excluding carboxylic acids is 2. The molecule has 0 aromatic heterocycles. The first kappa shape index (κ1) is 13.5. The third-order valence-electron chi connectivity index (χ3n) is 3.11. The van der Waals surface area contributed by atoms with Crippen LogP contribution in [0.15, 0.2) is 30.3 Å². The summed E-state index contributed by atoms with van der Waals surface area (Å²) >= 11 is 0. The van der Waals surface area contributed by atoms with Gasteiger partial charge in [-0.1, -0.05) is 30.3 Å². The molecule has 0 radical (unpaired) electrons. The van der Waals surface area contributed by atoms with E-state index in [2.05, 4.69) is 28.1 Å². The number of nitrogens with one attached hydrogen (secondary N) is 3. The molecule has 2 rings (SSSR count). The molecule has 1 heterocycles. The van der Waals surface area contributed by atoms with Crippen molar-refractivity contribution >= 4 is 11.8 Å². The van der Waals surface area contributed by atoms with Gasteiger partial charge in [0.15, 0.2) is 0 Å². The summed E-state index contributed by atoms with van der Waals surface area (Å²) in [7, 11) is 0. The van der Waals surface area contributed by atoms with Crippen molar-refractivity contribution in [2.24, 2.45) is 0 Å². The highest BCUT2D eigenvalue weighted by atomic mass is 16.2. The maximum Gasteiger partial charge on any atom is 0.238 e. The zero-order valence-corrected chi connectivity index (χ0v) is 10.8. The van der Waals surface area contributed by atoms with E-state index in [9.17, 15) is 9.59 Å². The SMILES string of the molecule is O=C1CNC(C(=O)NCCCc2ccccc2)CN1. The minimum atomic E-state index is -0.311. The van der Waals surface area contributed by atoms with Crippen molar-refractivity contribution in [1.82, 2.24) is 16.0 Å². The summed E-state index contributed by atoms with van der Waals surface area (Å²) in [5, 5.41) is 8.45. The molecular weight excluding hydrogens is 242 g/mol. The van der Waals surface area contributed by atoms with Gasteiger partial charge in [0.2, 0.25) is 11.8 Å². The van der Waals surface area contributed by atoms with Crippen molar-refractivity contribution in [2.45, 2.75) is 18.9 Å². The van der Waals surface area contributed by atoms with Crippen molar-refractivity contribution in [3.8, 4) is 0 Å². The van der Waals surface area contributed by atoms with Crippen LogP contribution in [0.3, 0.4) is 0 Å². The van der Waals surface area contributed by atoms with E-state index >= 15 is 0 Å². The van der Waals surface area contributed by atoms with Crippen LogP contribution < -0.4 is 16.0 Å². The van der Waals surface area contributed by atoms with Crippen molar-refractivity contribution in [3.63, 3.8) is 0 Å². The van der Waals surface area contributed by atoms with Gasteiger partial charge in [0.25, 0.3) is 0 Å². The molecule has 1 aromatic carbocycles. The molecule has 1 aromatic rings. The predicted molar refractivity (Wildman–Crippen MR) is 72.6 cm³/mol. The van der Waals surface area contributed by atoms with Crippen LogP contribution in [0.1, 0.15) is 12.0 Å². The van der Waals surface area contributed by atoms with Crippen LogP contribution in [0.4, 0.5) is 0 Å². The number of hydrogen-bond donors (Lipinski definition) is 3. The molecule has 102 valence electrons. The molecule has 0 spiro atoms. The Morgan fingerprint density at radius 3 is 2.79 bits per heavy atom. The number of piperazine rings is 1. The molecule has 3 N–H and O–H groups in total. The summed E-state index contributed by atoms with van der Waals surface area (Å²) in [6.45, 7) is 1.23. The third-order valence-corrected chi connectivity index (χ3v) is 3.11. The zero-order chi connectivity index (χ0) is 13.5. The molecule has 0 saturated carbocycles. The summed E-state index contributed by atoms with van der Waals surface area (Å²) < 4.78 is 0. The lowest BCUT2D eigenvalue weighted by molar-refractivity contribution is -0.126. The van der Waals surface area contributed by atoms with Gasteiger partial charge < -0.3 is 10.6 Å². The highest BCUT2D eigenvalue weighted by Crippen LogP contribution is 2.01. The van der Waals surface area contributed by atoms with E-state index in [0.29, 0.717) is 13.1 Å². The van der Waals surface area contributed by atoms with Crippen molar-refractivity contribution in [2.75, 3.05) is 19.6 Å². The molecule has 1 fully saturated rings. The van der Waals surface area contributed by atoms with Gasteiger partial charge in [0.05, 0.1) is 6.54 Å². The average Bonchev–Trinajstić information content (AvgIpc) is 2.45. The van der Waals surface area contributed by atoms with E-state index in [-0.39, 0.29) is 24.4 Å². The Kier molecular flexibility index (Phi) is 4.92. The molecule has 19 heavy (non-hydrogen) atoms. The number of aryl methyl sites for hydroxylation is 1. The largest absolute Gasteiger partial charge is 0.355 e. The smallest absolute Gasteiger partial charge is 0.238 e. The molecule has 1 aliphatic heterocycles. The first-order valence-corrected chi connectivity index (χ1v) is 6.57. The molecule has 1 unspecified atom stereocenters. The fourth-order valence-electron chi connectivity index (χ4n) is 2.02. The summed E-state index contributed by atoms with van der Waals surface area (Å²) in [6.07, 6.45) is 1.87. The second kappa shape index (κ2) is 6.89. The first-order valence-electron chi connectivity index (χ1n) is 6.57. The Morgan fingerprint density at radius 1 is 1.32 bits per heavy atom. The molecule has 2 amide bonds. The molecule has 5 heteroatoms. The number of carbonyl (C=O) groups is 2. The predicted octanol–water partition coefficient (Wildman–Crippen LogP) is -0.177. The maximum absolute atomic E-state index is 11.8. The van der Waals surface area contributed by atoms with Crippen LogP contribution >= 0.6 is 0 Å². The molecule has 0 bridgehead atoms. The van der Waals surface area contributed by atoms with Crippen molar-refractivity contribution in [3.05, 3.63) is 35.9 Å². The van der Waals surface area contributed by atoms with E-state index in [1.54, 1.807) is 0 Å². The van der Waals surface area contributed by atoms with E-state index < -0.39 is 0 Å². The molecule has 5 nitrogen and oxygen atoms in total. The maximum atomic E-state index is 11.8. The highest BCUT2D eigenvalue weighted by molar-refractivity contribution is 5.86. The van der Waals surface area contributed by atoms with Gasteiger partial charge in [-0.25, -0.2) is 0 Å². The van der Waals surface area contributed by atoms with Crippen LogP contribution in [-0.4, -0.2) is 37.5 Å². The summed E-state index contributed by atoms with van der Waals surface area (Å²) in [4.78, 5) is 22.7. The van der Waals surface area contributed by atoms with Gasteiger partial charge in [0.1, 0.15) is 6.04 Å². The lowest BCUT2D eigenvalue weighted by Crippen LogP contribution is -2.58. The fourth-order valence-corrected chi connectivity index (χ4v) is 2.02. The van der Waals surface area contributed by atoms with Crippen LogP contribution in [0, 0.1) is 0 Å². The second-order valence-electron chi connectivity index (χ2n) is 4.62. The Bertz CT molecular complexity index is 424. The molecule has 0 aliphatic carbocycles. The van der Waals surface area contributed by atoms with Gasteiger partial charge in [-0.2, -0.15) is 0 Å². The monoisotopic (exact) mass is 261 g/mol. The summed E-state index contributed by atoms with van der Waals surface area (Å²) in [6, 6.07) is 9.88. The Labute approximate surface area is 112 Å². The average molecular weight is 261 g/mol. The normalized spacial score (nSPS) is 18.7. The van der Waals surface area contributed by atoms with Gasteiger partial charge in [-0.3, -0.25) is 14.9 Å². The number of rotatable bonds is 5. The minimum Gasteiger partial charge on any atom is -0.355 e. The quantitative estimate of drug-likeness (QED) is 0.644. The first-order chi connectivity index (χ1) is 9.25. The fraction of sp³-hybridized carbons (Fsp3) is 0.429. The van der Waals surface area contributed by atoms with Gasteiger partial charge >= 0.3 is 0 Å². The van der Waals surface area contributed by atoms with Gasteiger partial charge in [-0.15, -0.1) is 0 Å². The summed E-state index contributed by atoms with van der Waals surface area (Å²) in [5.41, 5.74) is 1.28. The number of hydrogen-bond acceptors (Lipinski definition) is 3. The van der Waals surface area contributed by atoms with Crippen LogP contribution in [0.2, 0.25) is 0 Å². The lowest BCUT2D eigenvalue weighted by Gasteiger charge is -2.23. The van der Waals surface area contributed by atoms with E-state index in [4.69, 9.17) is 0 Å². The van der Waals surface area contributed by atoms with Crippen molar-refractivity contribution in [1.29, 1.82) is 0 Å². The number of amides is 2. The van der Waals surface area contributed by atoms with Crippen LogP contribution in [-0.2, 0) is 16.0 Å². The third kappa shape index (κ3) is 4.37. The zero-order valence-electron chi connectivity index (χ0n) is 10.8. The molecule has 1 aliphatic rings. The Hall–Kier alpha value is -1.88. The van der Waals surface area contributed by atoms with E-state index in [0.717, 1.165) is 12.8 Å².